The highest BCUT2D eigenvalue weighted by atomic mass is 16.5. The van der Waals surface area contributed by atoms with Crippen LogP contribution in [0.2, 0.25) is 0 Å². The molecule has 1 N–H and O–H groups in total. The van der Waals surface area contributed by atoms with Crippen LogP contribution in [0.3, 0.4) is 0 Å². The molecule has 1 aromatic heterocycles. The van der Waals surface area contributed by atoms with E-state index >= 15 is 0 Å². The fraction of sp³-hybridized carbons (Fsp3) is 0.294. The van der Waals surface area contributed by atoms with Crippen molar-refractivity contribution in [3.05, 3.63) is 53.0 Å². The highest BCUT2D eigenvalue weighted by Gasteiger charge is 2.15. The van der Waals surface area contributed by atoms with Crippen LogP contribution < -0.4 is 0 Å². The molecule has 0 spiro atoms. The Morgan fingerprint density at radius 2 is 1.96 bits per heavy atom. The molecule has 0 radical (unpaired) electrons. The fourth-order valence-electron chi connectivity index (χ4n) is 2.00. The van der Waals surface area contributed by atoms with Crippen LogP contribution in [0, 0.1) is 13.8 Å². The molecule has 0 unspecified atom stereocenters. The molecule has 0 saturated heterocycles. The standard InChI is InChI=1S/C17H19NO5/c1-11-8-13(5-7-15(11)19)17(21)22-10-16(20)18(3)9-14-6-4-12(2)23-14/h4-8,19H,9-10H2,1-3H3. The predicted molar refractivity (Wildman–Crippen MR) is 83.0 cm³/mol. The Morgan fingerprint density at radius 1 is 1.22 bits per heavy atom. The minimum absolute atomic E-state index is 0.103. The maximum absolute atomic E-state index is 12.0. The van der Waals surface area contributed by atoms with Gasteiger partial charge in [-0.3, -0.25) is 4.79 Å². The van der Waals surface area contributed by atoms with Gasteiger partial charge in [-0.15, -0.1) is 0 Å². The van der Waals surface area contributed by atoms with Crippen LogP contribution in [0.25, 0.3) is 0 Å². The highest BCUT2D eigenvalue weighted by Crippen LogP contribution is 2.17. The lowest BCUT2D eigenvalue weighted by atomic mass is 10.1. The van der Waals surface area contributed by atoms with E-state index in [0.29, 0.717) is 17.9 Å². The summed E-state index contributed by atoms with van der Waals surface area (Å²) in [4.78, 5) is 25.3. The lowest BCUT2D eigenvalue weighted by Gasteiger charge is -2.15. The summed E-state index contributed by atoms with van der Waals surface area (Å²) in [7, 11) is 1.61. The molecule has 6 nitrogen and oxygen atoms in total. The Morgan fingerprint density at radius 3 is 2.57 bits per heavy atom. The van der Waals surface area contributed by atoms with E-state index in [4.69, 9.17) is 9.15 Å². The van der Waals surface area contributed by atoms with Crippen molar-refractivity contribution in [1.29, 1.82) is 0 Å². The van der Waals surface area contributed by atoms with Crippen LogP contribution in [0.1, 0.15) is 27.4 Å². The summed E-state index contributed by atoms with van der Waals surface area (Å²) in [5.41, 5.74) is 0.855. The number of rotatable bonds is 5. The number of esters is 1. The molecule has 1 amide bonds. The number of benzene rings is 1. The van der Waals surface area contributed by atoms with Gasteiger partial charge in [-0.2, -0.15) is 0 Å². The molecule has 0 aliphatic rings. The molecule has 2 rings (SSSR count). The number of aromatic hydroxyl groups is 1. The number of ether oxygens (including phenoxy) is 1. The largest absolute Gasteiger partial charge is 0.508 e. The van der Waals surface area contributed by atoms with Crippen LogP contribution in [-0.4, -0.2) is 35.5 Å². The highest BCUT2D eigenvalue weighted by molar-refractivity contribution is 5.91. The number of carbonyl (C=O) groups is 2. The summed E-state index contributed by atoms with van der Waals surface area (Å²) in [6.45, 7) is 3.46. The van der Waals surface area contributed by atoms with Crippen molar-refractivity contribution in [2.24, 2.45) is 0 Å². The maximum Gasteiger partial charge on any atom is 0.338 e. The van der Waals surface area contributed by atoms with E-state index in [1.165, 1.54) is 23.1 Å². The molecule has 1 heterocycles. The molecule has 2 aromatic rings. The van der Waals surface area contributed by atoms with E-state index in [1.807, 2.05) is 13.0 Å². The van der Waals surface area contributed by atoms with Gasteiger partial charge in [-0.1, -0.05) is 0 Å². The fourth-order valence-corrected chi connectivity index (χ4v) is 2.00. The van der Waals surface area contributed by atoms with Crippen LogP contribution in [0.4, 0.5) is 0 Å². The molecule has 0 fully saturated rings. The smallest absolute Gasteiger partial charge is 0.338 e. The Bertz CT molecular complexity index is 720. The molecule has 1 aromatic carbocycles. The Balaban J connectivity index is 1.87. The molecule has 0 bridgehead atoms. The number of phenols is 1. The summed E-state index contributed by atoms with van der Waals surface area (Å²) in [6.07, 6.45) is 0. The lowest BCUT2D eigenvalue weighted by molar-refractivity contribution is -0.134. The molecule has 0 aliphatic carbocycles. The van der Waals surface area contributed by atoms with Gasteiger partial charge in [0.25, 0.3) is 5.91 Å². The number of likely N-dealkylation sites (N-methyl/N-ethyl adjacent to an activating group) is 1. The Labute approximate surface area is 134 Å². The monoisotopic (exact) mass is 317 g/mol. The van der Waals surface area contributed by atoms with Crippen molar-refractivity contribution in [3.8, 4) is 5.75 Å². The zero-order chi connectivity index (χ0) is 17.0. The molecular weight excluding hydrogens is 298 g/mol. The van der Waals surface area contributed by atoms with Crippen molar-refractivity contribution < 1.29 is 23.8 Å². The summed E-state index contributed by atoms with van der Waals surface area (Å²) in [6, 6.07) is 7.99. The number of hydrogen-bond donors (Lipinski definition) is 1. The number of amides is 1. The topological polar surface area (TPSA) is 80.0 Å². The summed E-state index contributed by atoms with van der Waals surface area (Å²) >= 11 is 0. The lowest BCUT2D eigenvalue weighted by Crippen LogP contribution is -2.30. The van der Waals surface area contributed by atoms with Gasteiger partial charge in [-0.05, 0) is 49.7 Å². The van der Waals surface area contributed by atoms with Gasteiger partial charge in [0.05, 0.1) is 12.1 Å². The van der Waals surface area contributed by atoms with Crippen LogP contribution >= 0.6 is 0 Å². The van der Waals surface area contributed by atoms with Gasteiger partial charge in [-0.25, -0.2) is 4.79 Å². The number of aryl methyl sites for hydroxylation is 2. The first-order chi connectivity index (χ1) is 10.9. The Kier molecular flexibility index (Phi) is 5.05. The summed E-state index contributed by atoms with van der Waals surface area (Å²) in [5, 5.41) is 9.44. The second-order valence-corrected chi connectivity index (χ2v) is 5.34. The van der Waals surface area contributed by atoms with Crippen LogP contribution in [0.15, 0.2) is 34.7 Å². The first-order valence-corrected chi connectivity index (χ1v) is 7.13. The van der Waals surface area contributed by atoms with Crippen LogP contribution in [0.5, 0.6) is 5.75 Å². The van der Waals surface area contributed by atoms with E-state index in [2.05, 4.69) is 0 Å². The number of nitrogens with zero attached hydrogens (tertiary/aromatic N) is 1. The zero-order valence-corrected chi connectivity index (χ0v) is 13.3. The van der Waals surface area contributed by atoms with Gasteiger partial charge in [0.15, 0.2) is 6.61 Å². The van der Waals surface area contributed by atoms with Gasteiger partial charge in [0.2, 0.25) is 0 Å². The number of phenolic OH excluding ortho intramolecular Hbond substituents is 1. The van der Waals surface area contributed by atoms with E-state index in [0.717, 1.165) is 5.76 Å². The van der Waals surface area contributed by atoms with Gasteiger partial charge < -0.3 is 19.2 Å². The van der Waals surface area contributed by atoms with Crippen molar-refractivity contribution in [2.45, 2.75) is 20.4 Å². The maximum atomic E-state index is 12.0. The minimum Gasteiger partial charge on any atom is -0.508 e. The van der Waals surface area contributed by atoms with E-state index in [-0.39, 0.29) is 23.8 Å². The molecule has 122 valence electrons. The zero-order valence-electron chi connectivity index (χ0n) is 13.3. The first-order valence-electron chi connectivity index (χ1n) is 7.13. The minimum atomic E-state index is -0.608. The molecule has 6 heteroatoms. The van der Waals surface area contributed by atoms with Gasteiger partial charge >= 0.3 is 5.97 Å². The van der Waals surface area contributed by atoms with Crippen molar-refractivity contribution >= 4 is 11.9 Å². The quantitative estimate of drug-likeness (QED) is 0.857. The number of hydrogen-bond acceptors (Lipinski definition) is 5. The summed E-state index contributed by atoms with van der Waals surface area (Å²) in [5.74, 6) is 0.603. The number of carbonyl (C=O) groups excluding carboxylic acids is 2. The van der Waals surface area contributed by atoms with E-state index < -0.39 is 5.97 Å². The van der Waals surface area contributed by atoms with Crippen molar-refractivity contribution in [2.75, 3.05) is 13.7 Å². The van der Waals surface area contributed by atoms with Crippen molar-refractivity contribution in [3.63, 3.8) is 0 Å². The third-order valence-corrected chi connectivity index (χ3v) is 3.37. The first kappa shape index (κ1) is 16.6. The second-order valence-electron chi connectivity index (χ2n) is 5.34. The predicted octanol–water partition coefficient (Wildman–Crippen LogP) is 2.42. The molecule has 0 atom stereocenters. The van der Waals surface area contributed by atoms with Gasteiger partial charge in [0, 0.05) is 7.05 Å². The number of furan rings is 1. The van der Waals surface area contributed by atoms with E-state index in [9.17, 15) is 14.7 Å². The average molecular weight is 317 g/mol. The Hall–Kier alpha value is -2.76. The normalized spacial score (nSPS) is 10.4. The van der Waals surface area contributed by atoms with Gasteiger partial charge in [0.1, 0.15) is 17.3 Å². The third kappa shape index (κ3) is 4.35. The molecule has 0 aliphatic heterocycles. The summed E-state index contributed by atoms with van der Waals surface area (Å²) < 4.78 is 10.4. The average Bonchev–Trinajstić information content (AvgIpc) is 2.92. The van der Waals surface area contributed by atoms with E-state index in [1.54, 1.807) is 20.0 Å². The molecule has 0 saturated carbocycles. The third-order valence-electron chi connectivity index (χ3n) is 3.37. The molecule has 23 heavy (non-hydrogen) atoms. The SMILES string of the molecule is Cc1ccc(CN(C)C(=O)COC(=O)c2ccc(O)c(C)c2)o1. The van der Waals surface area contributed by atoms with Crippen molar-refractivity contribution in [1.82, 2.24) is 4.90 Å². The molecular formula is C17H19NO5. The second kappa shape index (κ2) is 7.00. The van der Waals surface area contributed by atoms with Crippen LogP contribution in [-0.2, 0) is 16.1 Å².